The van der Waals surface area contributed by atoms with Gasteiger partial charge in [-0.05, 0) is 62.1 Å². The van der Waals surface area contributed by atoms with E-state index in [1.807, 2.05) is 53.4 Å². The van der Waals surface area contributed by atoms with Gasteiger partial charge in [-0.3, -0.25) is 14.6 Å². The molecule has 3 aliphatic rings. The van der Waals surface area contributed by atoms with Crippen LogP contribution in [0.1, 0.15) is 31.4 Å². The zero-order valence-electron chi connectivity index (χ0n) is 17.1. The van der Waals surface area contributed by atoms with Crippen LogP contribution in [0.5, 0.6) is 0 Å². The topological polar surface area (TPSA) is 56.9 Å². The molecule has 6 rings (SSSR count). The molecular formula is C25H24N2O3S. The number of aliphatic hydroxyl groups is 1. The van der Waals surface area contributed by atoms with Gasteiger partial charge < -0.3 is 9.52 Å². The number of furan rings is 1. The van der Waals surface area contributed by atoms with E-state index in [2.05, 4.69) is 17.0 Å². The van der Waals surface area contributed by atoms with Gasteiger partial charge in [0.15, 0.2) is 0 Å². The Morgan fingerprint density at radius 3 is 2.16 bits per heavy atom. The molecule has 1 unspecified atom stereocenters. The quantitative estimate of drug-likeness (QED) is 0.636. The van der Waals surface area contributed by atoms with Crippen molar-refractivity contribution in [1.29, 1.82) is 0 Å². The SMILES string of the molecule is O=C(CN1[C@@H]2CC[C@H]1CC(O)(c1ccco1)C2)N1c2ccccc2Sc2ccccc21. The maximum Gasteiger partial charge on any atom is 0.245 e. The molecule has 3 aliphatic heterocycles. The Labute approximate surface area is 185 Å². The van der Waals surface area contributed by atoms with E-state index in [9.17, 15) is 9.90 Å². The zero-order chi connectivity index (χ0) is 21.0. The van der Waals surface area contributed by atoms with Crippen LogP contribution in [0.4, 0.5) is 11.4 Å². The Balaban J connectivity index is 1.28. The van der Waals surface area contributed by atoms with Crippen molar-refractivity contribution >= 4 is 29.0 Å². The molecule has 5 nitrogen and oxygen atoms in total. The van der Waals surface area contributed by atoms with Crippen molar-refractivity contribution in [3.05, 3.63) is 72.7 Å². The predicted molar refractivity (Wildman–Crippen MR) is 120 cm³/mol. The van der Waals surface area contributed by atoms with Crippen molar-refractivity contribution in [1.82, 2.24) is 4.90 Å². The standard InChI is InChI=1S/C25H24N2O3S/c28-24(27-19-6-1-3-8-21(19)31-22-9-4-2-7-20(22)27)16-26-17-11-12-18(26)15-25(29,14-17)23-10-5-13-30-23/h1-10,13,17-18,29H,11-12,14-16H2/t17-,18+,25?. The highest BCUT2D eigenvalue weighted by Crippen LogP contribution is 2.49. The highest BCUT2D eigenvalue weighted by Gasteiger charge is 2.50. The maximum absolute atomic E-state index is 13.7. The molecule has 0 radical (unpaired) electrons. The molecule has 2 aromatic carbocycles. The molecule has 2 saturated heterocycles. The zero-order valence-corrected chi connectivity index (χ0v) is 17.9. The van der Waals surface area contributed by atoms with Crippen molar-refractivity contribution in [3.8, 4) is 0 Å². The summed E-state index contributed by atoms with van der Waals surface area (Å²) in [6.45, 7) is 0.358. The normalized spacial score (nSPS) is 27.1. The van der Waals surface area contributed by atoms with Gasteiger partial charge >= 0.3 is 0 Å². The predicted octanol–water partition coefficient (Wildman–Crippen LogP) is 4.92. The largest absolute Gasteiger partial charge is 0.466 e. The Morgan fingerprint density at radius 2 is 1.58 bits per heavy atom. The molecule has 3 aromatic rings. The monoisotopic (exact) mass is 432 g/mol. The lowest BCUT2D eigenvalue weighted by molar-refractivity contribution is -0.123. The number of carbonyl (C=O) groups is 1. The van der Waals surface area contributed by atoms with Gasteiger partial charge in [0.05, 0.1) is 24.2 Å². The summed E-state index contributed by atoms with van der Waals surface area (Å²) in [6, 6.07) is 20.3. The molecule has 3 atom stereocenters. The van der Waals surface area contributed by atoms with Gasteiger partial charge in [-0.25, -0.2) is 0 Å². The fraction of sp³-hybridized carbons (Fsp3) is 0.320. The Kier molecular flexibility index (Phi) is 4.49. The highest BCUT2D eigenvalue weighted by molar-refractivity contribution is 7.99. The van der Waals surface area contributed by atoms with Crippen LogP contribution in [0.15, 0.2) is 81.1 Å². The molecule has 0 spiro atoms. The number of fused-ring (bicyclic) bond motifs is 4. The van der Waals surface area contributed by atoms with Crippen LogP contribution < -0.4 is 4.90 Å². The molecule has 2 fully saturated rings. The number of rotatable bonds is 3. The third kappa shape index (κ3) is 3.13. The highest BCUT2D eigenvalue weighted by atomic mass is 32.2. The Hall–Kier alpha value is -2.54. The van der Waals surface area contributed by atoms with E-state index in [0.29, 0.717) is 25.1 Å². The van der Waals surface area contributed by atoms with Crippen molar-refractivity contribution in [3.63, 3.8) is 0 Å². The van der Waals surface area contributed by atoms with E-state index in [1.165, 1.54) is 0 Å². The van der Waals surface area contributed by atoms with Gasteiger partial charge in [0.2, 0.25) is 5.91 Å². The second-order valence-corrected chi connectivity index (χ2v) is 9.82. The van der Waals surface area contributed by atoms with Crippen LogP contribution >= 0.6 is 11.8 Å². The summed E-state index contributed by atoms with van der Waals surface area (Å²) in [4.78, 5) is 20.1. The second kappa shape index (κ2) is 7.26. The molecule has 2 bridgehead atoms. The molecule has 4 heterocycles. The van der Waals surface area contributed by atoms with Crippen molar-refractivity contribution < 1.29 is 14.3 Å². The van der Waals surface area contributed by atoms with Gasteiger partial charge in [-0.2, -0.15) is 0 Å². The molecule has 31 heavy (non-hydrogen) atoms. The summed E-state index contributed by atoms with van der Waals surface area (Å²) in [7, 11) is 0. The van der Waals surface area contributed by atoms with Crippen LogP contribution in [0.25, 0.3) is 0 Å². The number of benzene rings is 2. The first kappa shape index (κ1) is 19.2. The van der Waals surface area contributed by atoms with Gasteiger partial charge in [0, 0.05) is 21.9 Å². The van der Waals surface area contributed by atoms with Crippen molar-refractivity contribution in [2.75, 3.05) is 11.4 Å². The number of hydrogen-bond acceptors (Lipinski definition) is 5. The third-order valence-electron chi connectivity index (χ3n) is 6.90. The van der Waals surface area contributed by atoms with Crippen LogP contribution in [-0.2, 0) is 10.4 Å². The average molecular weight is 433 g/mol. The maximum atomic E-state index is 13.7. The summed E-state index contributed by atoms with van der Waals surface area (Å²) in [5, 5.41) is 11.3. The van der Waals surface area contributed by atoms with Crippen molar-refractivity contribution in [2.45, 2.75) is 53.2 Å². The third-order valence-corrected chi connectivity index (χ3v) is 8.03. The summed E-state index contributed by atoms with van der Waals surface area (Å²) in [5.41, 5.74) is 0.968. The van der Waals surface area contributed by atoms with Gasteiger partial charge in [-0.15, -0.1) is 0 Å². The van der Waals surface area contributed by atoms with E-state index in [1.54, 1.807) is 18.0 Å². The smallest absolute Gasteiger partial charge is 0.245 e. The lowest BCUT2D eigenvalue weighted by Crippen LogP contribution is -2.52. The summed E-state index contributed by atoms with van der Waals surface area (Å²) >= 11 is 1.71. The number of para-hydroxylation sites is 2. The summed E-state index contributed by atoms with van der Waals surface area (Å²) in [6.07, 6.45) is 4.84. The number of hydrogen-bond donors (Lipinski definition) is 1. The lowest BCUT2D eigenvalue weighted by Gasteiger charge is -2.43. The number of anilines is 2. The minimum Gasteiger partial charge on any atom is -0.466 e. The second-order valence-electron chi connectivity index (χ2n) is 8.74. The van der Waals surface area contributed by atoms with Gasteiger partial charge in [-0.1, -0.05) is 36.0 Å². The first-order chi connectivity index (χ1) is 15.1. The summed E-state index contributed by atoms with van der Waals surface area (Å²) < 4.78 is 5.54. The van der Waals surface area contributed by atoms with E-state index in [4.69, 9.17) is 4.42 Å². The van der Waals surface area contributed by atoms with E-state index >= 15 is 0 Å². The Morgan fingerprint density at radius 1 is 0.968 bits per heavy atom. The fourth-order valence-electron chi connectivity index (χ4n) is 5.52. The number of piperidine rings is 1. The van der Waals surface area contributed by atoms with Crippen LogP contribution in [0, 0.1) is 0 Å². The lowest BCUT2D eigenvalue weighted by atomic mass is 9.84. The molecule has 158 valence electrons. The minimum absolute atomic E-state index is 0.0838. The molecule has 1 amide bonds. The molecule has 0 saturated carbocycles. The van der Waals surface area contributed by atoms with Gasteiger partial charge in [0.25, 0.3) is 0 Å². The first-order valence-corrected chi connectivity index (χ1v) is 11.6. The Bertz CT molecular complexity index is 1070. The van der Waals surface area contributed by atoms with Crippen LogP contribution in [-0.4, -0.2) is 34.5 Å². The summed E-state index contributed by atoms with van der Waals surface area (Å²) in [5.74, 6) is 0.729. The van der Waals surface area contributed by atoms with E-state index in [-0.39, 0.29) is 18.0 Å². The fourth-order valence-corrected chi connectivity index (χ4v) is 6.58. The number of amides is 1. The number of nitrogens with zero attached hydrogens (tertiary/aromatic N) is 2. The van der Waals surface area contributed by atoms with Gasteiger partial charge in [0.1, 0.15) is 11.4 Å². The van der Waals surface area contributed by atoms with E-state index in [0.717, 1.165) is 34.0 Å². The first-order valence-electron chi connectivity index (χ1n) is 10.8. The van der Waals surface area contributed by atoms with Crippen LogP contribution in [0.2, 0.25) is 0 Å². The molecule has 1 aromatic heterocycles. The number of carbonyl (C=O) groups excluding carboxylic acids is 1. The van der Waals surface area contributed by atoms with Crippen LogP contribution in [0.3, 0.4) is 0 Å². The van der Waals surface area contributed by atoms with Crippen molar-refractivity contribution in [2.24, 2.45) is 0 Å². The van der Waals surface area contributed by atoms with E-state index < -0.39 is 5.60 Å². The molecule has 6 heteroatoms. The molecular weight excluding hydrogens is 408 g/mol. The molecule has 0 aliphatic carbocycles. The minimum atomic E-state index is -0.935. The molecule has 1 N–H and O–H groups in total. The average Bonchev–Trinajstić information content (AvgIpc) is 3.40.